The first-order chi connectivity index (χ1) is 11.3. The molecule has 25 heavy (non-hydrogen) atoms. The molecular formula is C17H31IN4O2S. The molecule has 0 fully saturated rings. The van der Waals surface area contributed by atoms with Gasteiger partial charge >= 0.3 is 0 Å². The molecule has 0 aliphatic rings. The van der Waals surface area contributed by atoms with Crippen LogP contribution < -0.4 is 5.32 Å². The summed E-state index contributed by atoms with van der Waals surface area (Å²) >= 11 is 0. The van der Waals surface area contributed by atoms with E-state index in [1.807, 2.05) is 26.1 Å². The van der Waals surface area contributed by atoms with Crippen molar-refractivity contribution in [2.75, 3.05) is 40.0 Å². The zero-order chi connectivity index (χ0) is 18.2. The Morgan fingerprint density at radius 2 is 1.92 bits per heavy atom. The van der Waals surface area contributed by atoms with Crippen molar-refractivity contribution in [3.8, 4) is 0 Å². The number of halogens is 1. The number of sulfonamides is 1. The quantitative estimate of drug-likeness (QED) is 0.267. The van der Waals surface area contributed by atoms with E-state index in [0.29, 0.717) is 19.6 Å². The molecule has 0 bridgehead atoms. The highest BCUT2D eigenvalue weighted by molar-refractivity contribution is 14.0. The lowest BCUT2D eigenvalue weighted by molar-refractivity contribution is 0.419. The Balaban J connectivity index is 0.00000576. The first-order valence-corrected chi connectivity index (χ1v) is 10.1. The van der Waals surface area contributed by atoms with Crippen LogP contribution in [0.25, 0.3) is 0 Å². The lowest BCUT2D eigenvalue weighted by Crippen LogP contribution is -2.40. The summed E-state index contributed by atoms with van der Waals surface area (Å²) in [5, 5.41) is 3.29. The maximum atomic E-state index is 11.6. The van der Waals surface area contributed by atoms with E-state index in [9.17, 15) is 8.42 Å². The minimum Gasteiger partial charge on any atom is -0.356 e. The number of hydrogen-bond acceptors (Lipinski definition) is 3. The minimum absolute atomic E-state index is 0. The van der Waals surface area contributed by atoms with E-state index in [0.717, 1.165) is 18.9 Å². The number of benzene rings is 1. The maximum Gasteiger partial charge on any atom is 0.211 e. The Kier molecular flexibility index (Phi) is 11.3. The molecule has 0 saturated carbocycles. The van der Waals surface area contributed by atoms with Crippen LogP contribution in [0.1, 0.15) is 24.5 Å². The lowest BCUT2D eigenvalue weighted by atomic mass is 10.1. The van der Waals surface area contributed by atoms with Gasteiger partial charge in [-0.3, -0.25) is 4.99 Å². The second-order valence-corrected chi connectivity index (χ2v) is 7.85. The number of guanidine groups is 1. The van der Waals surface area contributed by atoms with Crippen LogP contribution in [0.5, 0.6) is 0 Å². The number of nitrogens with zero attached hydrogens (tertiary/aromatic N) is 3. The Morgan fingerprint density at radius 3 is 2.44 bits per heavy atom. The van der Waals surface area contributed by atoms with Crippen molar-refractivity contribution in [3.63, 3.8) is 0 Å². The largest absolute Gasteiger partial charge is 0.356 e. The second kappa shape index (κ2) is 11.7. The summed E-state index contributed by atoms with van der Waals surface area (Å²) in [5.41, 5.74) is 2.52. The highest BCUT2D eigenvalue weighted by atomic mass is 127. The molecule has 0 spiro atoms. The van der Waals surface area contributed by atoms with Crippen LogP contribution in [0.3, 0.4) is 0 Å². The van der Waals surface area contributed by atoms with Gasteiger partial charge in [0.2, 0.25) is 10.0 Å². The molecule has 144 valence electrons. The Hall–Kier alpha value is -0.870. The lowest BCUT2D eigenvalue weighted by Gasteiger charge is -2.23. The first kappa shape index (κ1) is 24.1. The van der Waals surface area contributed by atoms with Crippen molar-refractivity contribution in [2.24, 2.45) is 4.99 Å². The van der Waals surface area contributed by atoms with E-state index in [4.69, 9.17) is 0 Å². The molecule has 0 unspecified atom stereocenters. The topological polar surface area (TPSA) is 65.0 Å². The fourth-order valence-corrected chi connectivity index (χ4v) is 3.45. The molecule has 0 aromatic heterocycles. The SMILES string of the molecule is CCN(CCCNC(=NC)N(C)Cc1ccccc1C)S(C)(=O)=O.I. The Bertz CT molecular complexity index is 650. The molecule has 0 heterocycles. The van der Waals surface area contributed by atoms with Crippen molar-refractivity contribution in [2.45, 2.75) is 26.8 Å². The molecule has 6 nitrogen and oxygen atoms in total. The van der Waals surface area contributed by atoms with Crippen molar-refractivity contribution in [3.05, 3.63) is 35.4 Å². The summed E-state index contributed by atoms with van der Waals surface area (Å²) in [5.74, 6) is 0.806. The van der Waals surface area contributed by atoms with Gasteiger partial charge in [-0.2, -0.15) is 0 Å². The fraction of sp³-hybridized carbons (Fsp3) is 0.588. The van der Waals surface area contributed by atoms with Crippen LogP contribution in [0.4, 0.5) is 0 Å². The molecule has 1 aromatic rings. The third-order valence-electron chi connectivity index (χ3n) is 3.93. The zero-order valence-electron chi connectivity index (χ0n) is 15.8. The minimum atomic E-state index is -3.12. The average molecular weight is 482 g/mol. The molecule has 8 heteroatoms. The Morgan fingerprint density at radius 1 is 1.28 bits per heavy atom. The van der Waals surface area contributed by atoms with Gasteiger partial charge in [0, 0.05) is 40.3 Å². The molecular weight excluding hydrogens is 451 g/mol. The third-order valence-corrected chi connectivity index (χ3v) is 5.31. The molecule has 0 aliphatic heterocycles. The second-order valence-electron chi connectivity index (χ2n) is 5.86. The molecule has 0 amide bonds. The van der Waals surface area contributed by atoms with Crippen molar-refractivity contribution >= 4 is 40.0 Å². The summed E-state index contributed by atoms with van der Waals surface area (Å²) in [6.45, 7) is 6.42. The summed E-state index contributed by atoms with van der Waals surface area (Å²) in [7, 11) is 0.634. The first-order valence-electron chi connectivity index (χ1n) is 8.21. The predicted octanol–water partition coefficient (Wildman–Crippen LogP) is 2.29. The number of aliphatic imine (C=N–C) groups is 1. The van der Waals surface area contributed by atoms with Gasteiger partial charge in [-0.05, 0) is 24.5 Å². The van der Waals surface area contributed by atoms with Crippen LogP contribution in [0, 0.1) is 6.92 Å². The van der Waals surface area contributed by atoms with Gasteiger partial charge < -0.3 is 10.2 Å². The normalized spacial score (nSPS) is 12.0. The molecule has 0 aliphatic carbocycles. The third kappa shape index (κ3) is 8.37. The van der Waals surface area contributed by atoms with Gasteiger partial charge in [-0.1, -0.05) is 31.2 Å². The number of aryl methyl sites for hydroxylation is 1. The number of hydrogen-bond donors (Lipinski definition) is 1. The highest BCUT2D eigenvalue weighted by Gasteiger charge is 2.13. The van der Waals surface area contributed by atoms with E-state index in [1.54, 1.807) is 7.05 Å². The summed E-state index contributed by atoms with van der Waals surface area (Å²) < 4.78 is 24.6. The van der Waals surface area contributed by atoms with Gasteiger partial charge in [0.1, 0.15) is 0 Å². The molecule has 0 radical (unpaired) electrons. The fourth-order valence-electron chi connectivity index (χ4n) is 2.52. The monoisotopic (exact) mass is 482 g/mol. The highest BCUT2D eigenvalue weighted by Crippen LogP contribution is 2.09. The van der Waals surface area contributed by atoms with Gasteiger partial charge in [0.25, 0.3) is 0 Å². The molecule has 1 aromatic carbocycles. The van der Waals surface area contributed by atoms with Crippen LogP contribution in [-0.4, -0.2) is 63.6 Å². The molecule has 1 N–H and O–H groups in total. The maximum absolute atomic E-state index is 11.6. The zero-order valence-corrected chi connectivity index (χ0v) is 19.0. The van der Waals surface area contributed by atoms with E-state index in [-0.39, 0.29) is 24.0 Å². The predicted molar refractivity (Wildman–Crippen MR) is 116 cm³/mol. The molecule has 0 atom stereocenters. The van der Waals surface area contributed by atoms with Crippen molar-refractivity contribution < 1.29 is 8.42 Å². The smallest absolute Gasteiger partial charge is 0.211 e. The number of rotatable bonds is 8. The average Bonchev–Trinajstić information content (AvgIpc) is 2.51. The van der Waals surface area contributed by atoms with Gasteiger partial charge in [0.05, 0.1) is 6.26 Å². The van der Waals surface area contributed by atoms with Crippen LogP contribution in [-0.2, 0) is 16.6 Å². The van der Waals surface area contributed by atoms with Crippen LogP contribution in [0.15, 0.2) is 29.3 Å². The van der Waals surface area contributed by atoms with E-state index in [2.05, 4.69) is 34.3 Å². The van der Waals surface area contributed by atoms with Crippen LogP contribution in [0.2, 0.25) is 0 Å². The summed E-state index contributed by atoms with van der Waals surface area (Å²) in [4.78, 5) is 6.36. The van der Waals surface area contributed by atoms with E-state index >= 15 is 0 Å². The van der Waals surface area contributed by atoms with E-state index in [1.165, 1.54) is 21.7 Å². The van der Waals surface area contributed by atoms with Gasteiger partial charge in [0.15, 0.2) is 5.96 Å². The summed E-state index contributed by atoms with van der Waals surface area (Å²) in [6, 6.07) is 8.29. The van der Waals surface area contributed by atoms with Crippen molar-refractivity contribution in [1.82, 2.24) is 14.5 Å². The molecule has 0 saturated heterocycles. The van der Waals surface area contributed by atoms with Gasteiger partial charge in [-0.25, -0.2) is 12.7 Å². The molecule has 1 rings (SSSR count). The standard InChI is InChI=1S/C17H30N4O2S.HI/c1-6-21(24(5,22)23)13-9-12-19-17(18-3)20(4)14-16-11-8-7-10-15(16)2;/h7-8,10-11H,6,9,12-14H2,1-5H3,(H,18,19);1H. The van der Waals surface area contributed by atoms with Crippen molar-refractivity contribution in [1.29, 1.82) is 0 Å². The number of nitrogens with one attached hydrogen (secondary N) is 1. The van der Waals surface area contributed by atoms with Crippen LogP contribution >= 0.6 is 24.0 Å². The summed E-state index contributed by atoms with van der Waals surface area (Å²) in [6.07, 6.45) is 1.98. The Labute approximate surface area is 169 Å². The van der Waals surface area contributed by atoms with E-state index < -0.39 is 10.0 Å². The van der Waals surface area contributed by atoms with Gasteiger partial charge in [-0.15, -0.1) is 24.0 Å².